The van der Waals surface area contributed by atoms with Crippen LogP contribution < -0.4 is 5.32 Å². The lowest BCUT2D eigenvalue weighted by molar-refractivity contribution is -0.136. The molecule has 1 aliphatic heterocycles. The molecule has 2 N–H and O–H groups in total. The Kier molecular flexibility index (Phi) is 8.26. The first-order valence-electron chi connectivity index (χ1n) is 9.80. The molecule has 1 heterocycles. The van der Waals surface area contributed by atoms with E-state index in [9.17, 15) is 14.7 Å². The van der Waals surface area contributed by atoms with Gasteiger partial charge < -0.3 is 19.5 Å². The Morgan fingerprint density at radius 2 is 1.86 bits per heavy atom. The van der Waals surface area contributed by atoms with Crippen LogP contribution in [-0.2, 0) is 20.9 Å². The molecule has 1 saturated heterocycles. The number of nitrogens with one attached hydrogen (secondary N) is 1. The van der Waals surface area contributed by atoms with E-state index in [1.807, 2.05) is 30.3 Å². The number of rotatable bonds is 7. The van der Waals surface area contributed by atoms with Crippen molar-refractivity contribution in [2.75, 3.05) is 19.7 Å². The summed E-state index contributed by atoms with van der Waals surface area (Å²) in [7, 11) is 0. The number of nitrogens with zero attached hydrogens (tertiary/aromatic N) is 1. The molecule has 2 amide bonds. The maximum absolute atomic E-state index is 12.7. The van der Waals surface area contributed by atoms with Gasteiger partial charge in [-0.2, -0.15) is 0 Å². The summed E-state index contributed by atoms with van der Waals surface area (Å²) in [4.78, 5) is 26.6. The summed E-state index contributed by atoms with van der Waals surface area (Å²) >= 11 is 0. The molecule has 7 nitrogen and oxygen atoms in total. The molecule has 0 saturated carbocycles. The topological polar surface area (TPSA) is 88.1 Å². The van der Waals surface area contributed by atoms with Crippen molar-refractivity contribution in [2.24, 2.45) is 5.92 Å². The molecule has 156 valence electrons. The van der Waals surface area contributed by atoms with E-state index in [4.69, 9.17) is 9.47 Å². The first kappa shape index (κ1) is 22.2. The van der Waals surface area contributed by atoms with Gasteiger partial charge in [-0.25, -0.2) is 4.79 Å². The van der Waals surface area contributed by atoms with Crippen LogP contribution in [0, 0.1) is 5.92 Å². The first-order chi connectivity index (χ1) is 13.3. The van der Waals surface area contributed by atoms with Gasteiger partial charge in [0.25, 0.3) is 0 Å². The predicted octanol–water partition coefficient (Wildman–Crippen LogP) is 2.68. The highest BCUT2D eigenvalue weighted by atomic mass is 16.6. The summed E-state index contributed by atoms with van der Waals surface area (Å²) in [5.41, 5.74) is 0.319. The van der Waals surface area contributed by atoms with Gasteiger partial charge in [0, 0.05) is 19.7 Å². The maximum atomic E-state index is 12.7. The number of carbonyl (C=O) groups excluding carboxylic acids is 2. The number of aliphatic hydroxyl groups excluding tert-OH is 1. The summed E-state index contributed by atoms with van der Waals surface area (Å²) in [5, 5.41) is 11.9. The highest BCUT2D eigenvalue weighted by Crippen LogP contribution is 2.18. The van der Waals surface area contributed by atoms with Crippen molar-refractivity contribution < 1.29 is 24.2 Å². The van der Waals surface area contributed by atoms with E-state index in [0.717, 1.165) is 18.4 Å². The minimum Gasteiger partial charge on any atom is -0.444 e. The minimum atomic E-state index is -0.780. The normalized spacial score (nSPS) is 16.5. The quantitative estimate of drug-likeness (QED) is 0.697. The van der Waals surface area contributed by atoms with Crippen molar-refractivity contribution in [1.29, 1.82) is 0 Å². The molecule has 1 atom stereocenters. The summed E-state index contributed by atoms with van der Waals surface area (Å²) < 4.78 is 11.1. The van der Waals surface area contributed by atoms with Gasteiger partial charge >= 0.3 is 6.09 Å². The predicted molar refractivity (Wildman–Crippen MR) is 105 cm³/mol. The number of amides is 2. The van der Waals surface area contributed by atoms with Gasteiger partial charge in [-0.05, 0) is 45.1 Å². The van der Waals surface area contributed by atoms with Crippen LogP contribution in [-0.4, -0.2) is 53.5 Å². The number of benzene rings is 1. The molecule has 0 aliphatic carbocycles. The lowest BCUT2D eigenvalue weighted by atomic mass is 9.98. The molecule has 28 heavy (non-hydrogen) atoms. The largest absolute Gasteiger partial charge is 0.444 e. The van der Waals surface area contributed by atoms with E-state index < -0.39 is 17.9 Å². The second-order valence-corrected chi connectivity index (χ2v) is 8.14. The highest BCUT2D eigenvalue weighted by molar-refractivity contribution is 5.77. The number of piperidine rings is 1. The average molecular weight is 392 g/mol. The Labute approximate surface area is 167 Å². The third-order valence-electron chi connectivity index (χ3n) is 4.56. The van der Waals surface area contributed by atoms with Gasteiger partial charge in [-0.3, -0.25) is 10.1 Å². The Morgan fingerprint density at radius 1 is 1.21 bits per heavy atom. The van der Waals surface area contributed by atoms with Crippen molar-refractivity contribution in [3.8, 4) is 0 Å². The molecule has 7 heteroatoms. The molecule has 0 radical (unpaired) electrons. The fourth-order valence-electron chi connectivity index (χ4n) is 3.01. The van der Waals surface area contributed by atoms with Gasteiger partial charge in [0.1, 0.15) is 11.8 Å². The van der Waals surface area contributed by atoms with E-state index in [2.05, 4.69) is 5.32 Å². The molecule has 1 aromatic rings. The highest BCUT2D eigenvalue weighted by Gasteiger charge is 2.27. The molecule has 0 aromatic heterocycles. The number of ether oxygens (including phenoxy) is 2. The summed E-state index contributed by atoms with van der Waals surface area (Å²) in [6.07, 6.45) is 0.222. The second-order valence-electron chi connectivity index (χ2n) is 8.14. The smallest absolute Gasteiger partial charge is 0.409 e. The fourth-order valence-corrected chi connectivity index (χ4v) is 3.01. The number of hydrogen-bond acceptors (Lipinski definition) is 5. The zero-order valence-corrected chi connectivity index (χ0v) is 17.0. The van der Waals surface area contributed by atoms with Gasteiger partial charge in [-0.1, -0.05) is 30.3 Å². The molecule has 1 aromatic carbocycles. The maximum Gasteiger partial charge on any atom is 0.409 e. The van der Waals surface area contributed by atoms with E-state index in [1.165, 1.54) is 0 Å². The van der Waals surface area contributed by atoms with E-state index in [0.29, 0.717) is 13.1 Å². The first-order valence-corrected chi connectivity index (χ1v) is 9.80. The summed E-state index contributed by atoms with van der Waals surface area (Å²) in [6.45, 7) is 7.00. The third kappa shape index (κ3) is 7.86. The molecule has 2 rings (SSSR count). The number of aliphatic hydroxyl groups is 1. The van der Waals surface area contributed by atoms with Crippen LogP contribution in [0.25, 0.3) is 0 Å². The van der Waals surface area contributed by atoms with Crippen molar-refractivity contribution in [2.45, 2.75) is 58.5 Å². The summed E-state index contributed by atoms with van der Waals surface area (Å²) in [5.74, 6) is 0.180. The van der Waals surface area contributed by atoms with Crippen LogP contribution in [0.1, 0.15) is 45.6 Å². The van der Waals surface area contributed by atoms with Crippen molar-refractivity contribution in [1.82, 2.24) is 10.2 Å². The van der Waals surface area contributed by atoms with E-state index >= 15 is 0 Å². The lowest BCUT2D eigenvalue weighted by Crippen LogP contribution is -2.45. The molecule has 1 aliphatic rings. The molecule has 0 bridgehead atoms. The van der Waals surface area contributed by atoms with Crippen LogP contribution in [0.15, 0.2) is 30.3 Å². The molecular weight excluding hydrogens is 360 g/mol. The second kappa shape index (κ2) is 10.4. The molecule has 1 fully saturated rings. The van der Waals surface area contributed by atoms with Gasteiger partial charge in [-0.15, -0.1) is 0 Å². The number of carbonyl (C=O) groups is 2. The molecular formula is C21H32N2O5. The van der Waals surface area contributed by atoms with Gasteiger partial charge in [0.05, 0.1) is 13.0 Å². The van der Waals surface area contributed by atoms with Crippen molar-refractivity contribution in [3.63, 3.8) is 0 Å². The van der Waals surface area contributed by atoms with Crippen LogP contribution in [0.3, 0.4) is 0 Å². The molecule has 0 unspecified atom stereocenters. The van der Waals surface area contributed by atoms with Gasteiger partial charge in [0.2, 0.25) is 5.91 Å². The molecule has 0 spiro atoms. The van der Waals surface area contributed by atoms with Crippen LogP contribution in [0.5, 0.6) is 0 Å². The Hall–Kier alpha value is -2.12. The Balaban J connectivity index is 1.94. The van der Waals surface area contributed by atoms with Gasteiger partial charge in [0.15, 0.2) is 0 Å². The fraction of sp³-hybridized carbons (Fsp3) is 0.619. The standard InChI is InChI=1S/C21H32N2O5/c1-21(2,3)28-20(26)22-18(27-15-17-7-5-4-6-8-17)13-19(25)23-11-9-16(14-24)10-12-23/h4-8,16,18,24H,9-15H2,1-3H3,(H,22,26)/t18-/m0/s1. The number of likely N-dealkylation sites (tertiary alicyclic amines) is 1. The third-order valence-corrected chi connectivity index (χ3v) is 4.56. The SMILES string of the molecule is CC(C)(C)OC(=O)N[C@H](CC(=O)N1CCC(CO)CC1)OCc1ccccc1. The zero-order valence-electron chi connectivity index (χ0n) is 17.0. The number of alkyl carbamates (subject to hydrolysis) is 1. The lowest BCUT2D eigenvalue weighted by Gasteiger charge is -2.32. The minimum absolute atomic E-state index is 0.0376. The Morgan fingerprint density at radius 3 is 2.43 bits per heavy atom. The average Bonchev–Trinajstić information content (AvgIpc) is 2.65. The van der Waals surface area contributed by atoms with Crippen LogP contribution in [0.4, 0.5) is 4.79 Å². The zero-order chi connectivity index (χ0) is 20.6. The van der Waals surface area contributed by atoms with E-state index in [-0.39, 0.29) is 31.5 Å². The van der Waals surface area contributed by atoms with E-state index in [1.54, 1.807) is 25.7 Å². The van der Waals surface area contributed by atoms with Crippen molar-refractivity contribution in [3.05, 3.63) is 35.9 Å². The monoisotopic (exact) mass is 392 g/mol. The Bertz CT molecular complexity index is 621. The summed E-state index contributed by atoms with van der Waals surface area (Å²) in [6, 6.07) is 9.58. The van der Waals surface area contributed by atoms with Crippen LogP contribution >= 0.6 is 0 Å². The van der Waals surface area contributed by atoms with Crippen molar-refractivity contribution >= 4 is 12.0 Å². The van der Waals surface area contributed by atoms with Crippen LogP contribution in [0.2, 0.25) is 0 Å². The number of hydrogen-bond donors (Lipinski definition) is 2.